The number of unbranched alkanes of at least 4 members (excludes halogenated alkanes) is 1. The van der Waals surface area contributed by atoms with Crippen LogP contribution in [0.4, 0.5) is 11.5 Å². The Balaban J connectivity index is 3.14. The van der Waals surface area contributed by atoms with Gasteiger partial charge in [-0.15, -0.1) is 0 Å². The Morgan fingerprint density at radius 3 is 2.76 bits per heavy atom. The van der Waals surface area contributed by atoms with Crippen molar-refractivity contribution in [3.05, 3.63) is 27.9 Å². The zero-order chi connectivity index (χ0) is 15.8. The largest absolute Gasteiger partial charge is 0.395 e. The molecular weight excluding hydrogens is 276 g/mol. The predicted octanol–water partition coefficient (Wildman–Crippen LogP) is 1.27. The fourth-order valence-electron chi connectivity index (χ4n) is 1.86. The number of aromatic nitrogens is 1. The van der Waals surface area contributed by atoms with Crippen LogP contribution in [0, 0.1) is 10.1 Å². The number of aliphatic hydroxyl groups is 1. The van der Waals surface area contributed by atoms with Crippen molar-refractivity contribution in [3.63, 3.8) is 0 Å². The van der Waals surface area contributed by atoms with Crippen molar-refractivity contribution < 1.29 is 14.8 Å². The molecule has 1 amide bonds. The van der Waals surface area contributed by atoms with Crippen molar-refractivity contribution in [3.8, 4) is 0 Å². The van der Waals surface area contributed by atoms with Crippen molar-refractivity contribution in [1.82, 2.24) is 9.88 Å². The molecule has 0 atom stereocenters. The lowest BCUT2D eigenvalue weighted by Crippen LogP contribution is -2.34. The Kier molecular flexibility index (Phi) is 6.54. The van der Waals surface area contributed by atoms with E-state index in [2.05, 4.69) is 10.3 Å². The first-order chi connectivity index (χ1) is 10.0. The van der Waals surface area contributed by atoms with Crippen LogP contribution in [0.2, 0.25) is 0 Å². The maximum Gasteiger partial charge on any atom is 0.300 e. The van der Waals surface area contributed by atoms with Crippen LogP contribution in [0.25, 0.3) is 0 Å². The lowest BCUT2D eigenvalue weighted by Gasteiger charge is -2.21. The molecule has 0 radical (unpaired) electrons. The number of nitro groups is 1. The van der Waals surface area contributed by atoms with Crippen molar-refractivity contribution in [2.75, 3.05) is 32.1 Å². The fourth-order valence-corrected chi connectivity index (χ4v) is 1.86. The van der Waals surface area contributed by atoms with Crippen LogP contribution in [0.1, 0.15) is 30.1 Å². The number of pyridine rings is 1. The summed E-state index contributed by atoms with van der Waals surface area (Å²) in [7, 11) is 1.62. The average molecular weight is 296 g/mol. The Hall–Kier alpha value is -2.22. The fraction of sp³-hybridized carbons (Fsp3) is 0.538. The van der Waals surface area contributed by atoms with Gasteiger partial charge in [-0.2, -0.15) is 0 Å². The van der Waals surface area contributed by atoms with Crippen LogP contribution in [0.3, 0.4) is 0 Å². The highest BCUT2D eigenvalue weighted by atomic mass is 16.6. The molecule has 1 aromatic heterocycles. The first-order valence-corrected chi connectivity index (χ1v) is 6.77. The van der Waals surface area contributed by atoms with Gasteiger partial charge in [0.15, 0.2) is 0 Å². The van der Waals surface area contributed by atoms with Crippen LogP contribution >= 0.6 is 0 Å². The maximum atomic E-state index is 12.5. The zero-order valence-corrected chi connectivity index (χ0v) is 12.2. The van der Waals surface area contributed by atoms with E-state index in [0.717, 1.165) is 19.0 Å². The molecule has 8 heteroatoms. The van der Waals surface area contributed by atoms with Gasteiger partial charge in [-0.3, -0.25) is 14.9 Å². The van der Waals surface area contributed by atoms with E-state index in [9.17, 15) is 14.9 Å². The van der Waals surface area contributed by atoms with E-state index in [4.69, 9.17) is 5.11 Å². The molecule has 0 spiro atoms. The van der Waals surface area contributed by atoms with Gasteiger partial charge in [0.1, 0.15) is 17.6 Å². The zero-order valence-electron chi connectivity index (χ0n) is 12.2. The molecule has 0 bridgehead atoms. The number of rotatable bonds is 8. The predicted molar refractivity (Wildman–Crippen MR) is 78.3 cm³/mol. The van der Waals surface area contributed by atoms with Crippen LogP contribution in [-0.2, 0) is 0 Å². The number of anilines is 1. The molecule has 1 aromatic rings. The van der Waals surface area contributed by atoms with Crippen molar-refractivity contribution >= 4 is 17.4 Å². The lowest BCUT2D eigenvalue weighted by atomic mass is 10.1. The smallest absolute Gasteiger partial charge is 0.300 e. The number of nitrogens with zero attached hydrogens (tertiary/aromatic N) is 3. The van der Waals surface area contributed by atoms with Gasteiger partial charge in [0.05, 0.1) is 11.5 Å². The molecule has 8 nitrogen and oxygen atoms in total. The van der Waals surface area contributed by atoms with Gasteiger partial charge in [0, 0.05) is 26.2 Å². The molecule has 2 N–H and O–H groups in total. The molecule has 0 aliphatic carbocycles. The second-order valence-electron chi connectivity index (χ2n) is 4.46. The van der Waals surface area contributed by atoms with E-state index < -0.39 is 10.8 Å². The Morgan fingerprint density at radius 1 is 1.52 bits per heavy atom. The van der Waals surface area contributed by atoms with Gasteiger partial charge in [0.2, 0.25) is 0 Å². The molecule has 0 aliphatic heterocycles. The molecular formula is C13H20N4O4. The summed E-state index contributed by atoms with van der Waals surface area (Å²) in [5.74, 6) is -0.0912. The molecule has 116 valence electrons. The van der Waals surface area contributed by atoms with Gasteiger partial charge in [-0.05, 0) is 6.42 Å². The average Bonchev–Trinajstić information content (AvgIpc) is 2.49. The summed E-state index contributed by atoms with van der Waals surface area (Å²) in [5.41, 5.74) is -0.359. The van der Waals surface area contributed by atoms with Gasteiger partial charge in [-0.1, -0.05) is 13.3 Å². The summed E-state index contributed by atoms with van der Waals surface area (Å²) in [4.78, 5) is 28.2. The topological polar surface area (TPSA) is 109 Å². The van der Waals surface area contributed by atoms with Gasteiger partial charge >= 0.3 is 0 Å². The summed E-state index contributed by atoms with van der Waals surface area (Å²) in [6, 6.07) is 1.36. The summed E-state index contributed by atoms with van der Waals surface area (Å²) in [5, 5.41) is 22.9. The third kappa shape index (κ3) is 4.38. The first-order valence-electron chi connectivity index (χ1n) is 6.77. The Morgan fingerprint density at radius 2 is 2.24 bits per heavy atom. The maximum absolute atomic E-state index is 12.5. The van der Waals surface area contributed by atoms with E-state index in [1.54, 1.807) is 7.05 Å². The molecule has 1 heterocycles. The first kappa shape index (κ1) is 16.8. The van der Waals surface area contributed by atoms with Crippen molar-refractivity contribution in [2.45, 2.75) is 19.8 Å². The third-order valence-corrected chi connectivity index (χ3v) is 3.00. The molecule has 1 rings (SSSR count). The quantitative estimate of drug-likeness (QED) is 0.552. The second kappa shape index (κ2) is 8.15. The number of amides is 1. The van der Waals surface area contributed by atoms with Gasteiger partial charge in [-0.25, -0.2) is 4.98 Å². The molecule has 0 unspecified atom stereocenters. The Labute approximate surface area is 122 Å². The normalized spacial score (nSPS) is 10.2. The van der Waals surface area contributed by atoms with Crippen LogP contribution in [0.5, 0.6) is 0 Å². The SMILES string of the molecule is CCCCN(CCO)C(=O)c1cc(NC)ncc1[N+](=O)[O-]. The van der Waals surface area contributed by atoms with Crippen molar-refractivity contribution in [1.29, 1.82) is 0 Å². The minimum atomic E-state index is -0.628. The molecule has 0 saturated carbocycles. The summed E-state index contributed by atoms with van der Waals surface area (Å²) in [6.07, 6.45) is 2.72. The standard InChI is InChI=1S/C13H20N4O4/c1-3-4-5-16(6-7-18)13(19)10-8-12(14-2)15-9-11(10)17(20)21/h8-9,18H,3-7H2,1-2H3,(H,14,15). The Bertz CT molecular complexity index is 507. The summed E-state index contributed by atoms with van der Waals surface area (Å²) in [6.45, 7) is 2.39. The highest BCUT2D eigenvalue weighted by Gasteiger charge is 2.25. The minimum absolute atomic E-state index is 0.0242. The van der Waals surface area contributed by atoms with E-state index in [1.807, 2.05) is 6.92 Å². The summed E-state index contributed by atoms with van der Waals surface area (Å²) < 4.78 is 0. The van der Waals surface area contributed by atoms with Crippen LogP contribution < -0.4 is 5.32 Å². The molecule has 0 fully saturated rings. The highest BCUT2D eigenvalue weighted by molar-refractivity contribution is 5.98. The van der Waals surface area contributed by atoms with Gasteiger partial charge in [0.25, 0.3) is 11.6 Å². The van der Waals surface area contributed by atoms with E-state index >= 15 is 0 Å². The molecule has 0 saturated heterocycles. The van der Waals surface area contributed by atoms with Gasteiger partial charge < -0.3 is 15.3 Å². The number of aliphatic hydroxyl groups excluding tert-OH is 1. The lowest BCUT2D eigenvalue weighted by molar-refractivity contribution is -0.385. The minimum Gasteiger partial charge on any atom is -0.395 e. The number of carbonyl (C=O) groups is 1. The van der Waals surface area contributed by atoms with Crippen LogP contribution in [-0.4, -0.2) is 52.6 Å². The second-order valence-corrected chi connectivity index (χ2v) is 4.46. The third-order valence-electron chi connectivity index (χ3n) is 3.00. The monoisotopic (exact) mass is 296 g/mol. The molecule has 21 heavy (non-hydrogen) atoms. The highest BCUT2D eigenvalue weighted by Crippen LogP contribution is 2.22. The molecule has 0 aromatic carbocycles. The van der Waals surface area contributed by atoms with E-state index in [1.165, 1.54) is 11.0 Å². The molecule has 0 aliphatic rings. The number of carbonyl (C=O) groups excluding carboxylic acids is 1. The van der Waals surface area contributed by atoms with E-state index in [0.29, 0.717) is 12.4 Å². The number of hydrogen-bond donors (Lipinski definition) is 2. The van der Waals surface area contributed by atoms with E-state index in [-0.39, 0.29) is 24.4 Å². The summed E-state index contributed by atoms with van der Waals surface area (Å²) >= 11 is 0. The number of hydrogen-bond acceptors (Lipinski definition) is 6. The van der Waals surface area contributed by atoms with Crippen LogP contribution in [0.15, 0.2) is 12.3 Å². The number of nitrogens with one attached hydrogen (secondary N) is 1. The van der Waals surface area contributed by atoms with Crippen molar-refractivity contribution in [2.24, 2.45) is 0 Å².